The summed E-state index contributed by atoms with van der Waals surface area (Å²) < 4.78 is 1.62. The second-order valence-electron chi connectivity index (χ2n) is 9.32. The van der Waals surface area contributed by atoms with Crippen molar-refractivity contribution in [3.05, 3.63) is 82.6 Å². The molecule has 7 nitrogen and oxygen atoms in total. The molecule has 1 N–H and O–H groups in total. The van der Waals surface area contributed by atoms with Gasteiger partial charge in [0.15, 0.2) is 0 Å². The number of thiophene rings is 1. The molecule has 2 amide bonds. The average Bonchev–Trinajstić information content (AvgIpc) is 3.58. The molecule has 0 aliphatic heterocycles. The lowest BCUT2D eigenvalue weighted by molar-refractivity contribution is -0.141. The molecule has 2 heterocycles. The topological polar surface area (TPSA) is 80.1 Å². The minimum absolute atomic E-state index is 0.0217. The molecular weight excluding hydrogens is 470 g/mol. The largest absolute Gasteiger partial charge is 0.351 e. The van der Waals surface area contributed by atoms with E-state index in [0.29, 0.717) is 13.0 Å². The highest BCUT2D eigenvalue weighted by atomic mass is 32.1. The number of carbonyl (C=O) groups excluding carboxylic acids is 2. The Morgan fingerprint density at radius 1 is 1.00 bits per heavy atom. The fraction of sp³-hybridized carbons (Fsp3) is 0.357. The van der Waals surface area contributed by atoms with Crippen LogP contribution in [0.2, 0.25) is 0 Å². The second-order valence-corrected chi connectivity index (χ2v) is 10.3. The summed E-state index contributed by atoms with van der Waals surface area (Å²) >= 11 is 1.51. The maximum Gasteiger partial charge on any atom is 0.248 e. The van der Waals surface area contributed by atoms with Gasteiger partial charge in [0, 0.05) is 17.5 Å². The fourth-order valence-corrected chi connectivity index (χ4v) is 5.78. The number of hydrogen-bond donors (Lipinski definition) is 1. The molecule has 0 saturated heterocycles. The van der Waals surface area contributed by atoms with Gasteiger partial charge >= 0.3 is 0 Å². The summed E-state index contributed by atoms with van der Waals surface area (Å²) in [6.45, 7) is 0.448. The maximum atomic E-state index is 13.9. The van der Waals surface area contributed by atoms with Crippen LogP contribution in [0.25, 0.3) is 11.0 Å². The van der Waals surface area contributed by atoms with E-state index in [9.17, 15) is 9.59 Å². The third-order valence-corrected chi connectivity index (χ3v) is 7.76. The van der Waals surface area contributed by atoms with E-state index >= 15 is 0 Å². The summed E-state index contributed by atoms with van der Waals surface area (Å²) in [5, 5.41) is 13.6. The lowest BCUT2D eigenvalue weighted by Gasteiger charge is -2.32. The van der Waals surface area contributed by atoms with E-state index in [1.165, 1.54) is 17.8 Å². The lowest BCUT2D eigenvalue weighted by Crippen LogP contribution is -2.48. The molecule has 0 radical (unpaired) electrons. The molecule has 1 unspecified atom stereocenters. The Balaban J connectivity index is 1.44. The van der Waals surface area contributed by atoms with Crippen molar-refractivity contribution >= 4 is 34.2 Å². The first-order chi connectivity index (χ1) is 17.7. The molecule has 1 atom stereocenters. The van der Waals surface area contributed by atoms with Crippen LogP contribution < -0.4 is 5.32 Å². The molecular formula is C28H31N5O2S. The smallest absolute Gasteiger partial charge is 0.248 e. The van der Waals surface area contributed by atoms with Crippen molar-refractivity contribution in [1.29, 1.82) is 0 Å². The number of hydrogen-bond acceptors (Lipinski definition) is 5. The molecule has 5 rings (SSSR count). The van der Waals surface area contributed by atoms with E-state index < -0.39 is 6.04 Å². The first-order valence-electron chi connectivity index (χ1n) is 12.6. The van der Waals surface area contributed by atoms with Crippen LogP contribution in [0.5, 0.6) is 0 Å². The SMILES string of the molecule is O=C(NC1CCCCC1)C(c1cccs1)N(CCc1ccccc1)C(=O)Cn1nnc2ccccc21. The molecule has 0 spiro atoms. The molecule has 1 aliphatic rings. The monoisotopic (exact) mass is 501 g/mol. The van der Waals surface area contributed by atoms with Crippen LogP contribution in [-0.2, 0) is 22.6 Å². The first kappa shape index (κ1) is 24.2. The van der Waals surface area contributed by atoms with Crippen molar-refractivity contribution in [2.24, 2.45) is 0 Å². The molecule has 186 valence electrons. The number of rotatable bonds is 9. The Morgan fingerprint density at radius 3 is 2.56 bits per heavy atom. The minimum atomic E-state index is -0.682. The van der Waals surface area contributed by atoms with Crippen molar-refractivity contribution in [2.45, 2.75) is 57.2 Å². The van der Waals surface area contributed by atoms with E-state index in [0.717, 1.165) is 47.2 Å². The maximum absolute atomic E-state index is 13.9. The van der Waals surface area contributed by atoms with Gasteiger partial charge in [-0.3, -0.25) is 9.59 Å². The highest BCUT2D eigenvalue weighted by Gasteiger charge is 2.33. The highest BCUT2D eigenvalue weighted by Crippen LogP contribution is 2.28. The van der Waals surface area contributed by atoms with E-state index in [2.05, 4.69) is 27.8 Å². The molecule has 8 heteroatoms. The summed E-state index contributed by atoms with van der Waals surface area (Å²) in [7, 11) is 0. The summed E-state index contributed by atoms with van der Waals surface area (Å²) in [5.74, 6) is -0.256. The van der Waals surface area contributed by atoms with Crippen LogP contribution in [0, 0.1) is 0 Å². The molecule has 1 fully saturated rings. The third-order valence-electron chi connectivity index (χ3n) is 6.83. The number of nitrogens with zero attached hydrogens (tertiary/aromatic N) is 4. The number of nitrogens with one attached hydrogen (secondary N) is 1. The van der Waals surface area contributed by atoms with Crippen molar-refractivity contribution in [3.63, 3.8) is 0 Å². The van der Waals surface area contributed by atoms with Gasteiger partial charge in [0.2, 0.25) is 11.8 Å². The zero-order valence-corrected chi connectivity index (χ0v) is 21.1. The number of amides is 2. The van der Waals surface area contributed by atoms with Gasteiger partial charge in [0.1, 0.15) is 18.1 Å². The summed E-state index contributed by atoms with van der Waals surface area (Å²) in [6, 6.07) is 21.0. The van der Waals surface area contributed by atoms with Crippen molar-refractivity contribution in [1.82, 2.24) is 25.2 Å². The van der Waals surface area contributed by atoms with Crippen LogP contribution >= 0.6 is 11.3 Å². The van der Waals surface area contributed by atoms with Gasteiger partial charge < -0.3 is 10.2 Å². The van der Waals surface area contributed by atoms with Crippen molar-refractivity contribution in [2.75, 3.05) is 6.54 Å². The third kappa shape index (κ3) is 5.65. The van der Waals surface area contributed by atoms with E-state index in [1.54, 1.807) is 9.58 Å². The molecule has 0 bridgehead atoms. The van der Waals surface area contributed by atoms with E-state index in [1.807, 2.05) is 60.0 Å². The second kappa shape index (κ2) is 11.5. The fourth-order valence-electron chi connectivity index (χ4n) is 4.94. The first-order valence-corrected chi connectivity index (χ1v) is 13.5. The molecule has 4 aromatic rings. The molecule has 1 saturated carbocycles. The zero-order chi connectivity index (χ0) is 24.7. The zero-order valence-electron chi connectivity index (χ0n) is 20.3. The van der Waals surface area contributed by atoms with E-state index in [-0.39, 0.29) is 24.4 Å². The minimum Gasteiger partial charge on any atom is -0.351 e. The number of aromatic nitrogens is 3. The number of benzene rings is 2. The van der Waals surface area contributed by atoms with Crippen LogP contribution in [-0.4, -0.2) is 44.3 Å². The van der Waals surface area contributed by atoms with Crippen LogP contribution in [0.1, 0.15) is 48.6 Å². The van der Waals surface area contributed by atoms with Crippen LogP contribution in [0.3, 0.4) is 0 Å². The Hall–Kier alpha value is -3.52. The van der Waals surface area contributed by atoms with E-state index in [4.69, 9.17) is 0 Å². The number of fused-ring (bicyclic) bond motifs is 1. The predicted octanol–water partition coefficient (Wildman–Crippen LogP) is 4.75. The molecule has 36 heavy (non-hydrogen) atoms. The Morgan fingerprint density at radius 2 is 1.78 bits per heavy atom. The Labute approximate surface area is 215 Å². The lowest BCUT2D eigenvalue weighted by atomic mass is 9.95. The van der Waals surface area contributed by atoms with Gasteiger partial charge in [-0.25, -0.2) is 4.68 Å². The predicted molar refractivity (Wildman–Crippen MR) is 141 cm³/mol. The summed E-state index contributed by atoms with van der Waals surface area (Å²) in [5.41, 5.74) is 2.67. The average molecular weight is 502 g/mol. The van der Waals surface area contributed by atoms with Gasteiger partial charge in [0.25, 0.3) is 0 Å². The molecule has 2 aromatic carbocycles. The quantitative estimate of drug-likeness (QED) is 0.359. The van der Waals surface area contributed by atoms with Gasteiger partial charge in [0.05, 0.1) is 5.52 Å². The Bertz CT molecular complexity index is 1280. The van der Waals surface area contributed by atoms with Crippen molar-refractivity contribution < 1.29 is 9.59 Å². The van der Waals surface area contributed by atoms with Gasteiger partial charge in [-0.15, -0.1) is 16.4 Å². The van der Waals surface area contributed by atoms with Crippen molar-refractivity contribution in [3.8, 4) is 0 Å². The molecule has 1 aliphatic carbocycles. The molecule has 2 aromatic heterocycles. The normalized spacial score (nSPS) is 15.0. The van der Waals surface area contributed by atoms with Crippen LogP contribution in [0.4, 0.5) is 0 Å². The Kier molecular flexibility index (Phi) is 7.71. The summed E-state index contributed by atoms with van der Waals surface area (Å²) in [6.07, 6.45) is 6.12. The van der Waals surface area contributed by atoms with Gasteiger partial charge in [-0.05, 0) is 48.4 Å². The highest BCUT2D eigenvalue weighted by molar-refractivity contribution is 7.10. The standard InChI is InChI=1S/C28H31N5O2S/c34-26(20-33-24-15-8-7-14-23(24)30-31-33)32(18-17-21-10-3-1-4-11-21)27(25-16-9-19-36-25)28(35)29-22-12-5-2-6-13-22/h1,3-4,7-11,14-16,19,22,27H,2,5-6,12-13,17-18,20H2,(H,29,35). The van der Waals surface area contributed by atoms with Crippen LogP contribution in [0.15, 0.2) is 72.1 Å². The van der Waals surface area contributed by atoms with Gasteiger partial charge in [-0.1, -0.05) is 73.0 Å². The number of carbonyl (C=O) groups is 2. The summed E-state index contributed by atoms with van der Waals surface area (Å²) in [4.78, 5) is 30.2. The van der Waals surface area contributed by atoms with Gasteiger partial charge in [-0.2, -0.15) is 0 Å². The number of para-hydroxylation sites is 1.